The molecule has 0 amide bonds. The van der Waals surface area contributed by atoms with Gasteiger partial charge in [-0.05, 0) is 63.9 Å². The number of aromatic nitrogens is 1. The van der Waals surface area contributed by atoms with Crippen LogP contribution in [0.15, 0.2) is 22.7 Å². The Hall–Kier alpha value is -1.59. The van der Waals surface area contributed by atoms with Gasteiger partial charge in [-0.3, -0.25) is 0 Å². The van der Waals surface area contributed by atoms with E-state index in [1.165, 1.54) is 19.4 Å². The normalized spacial score (nSPS) is 15.9. The zero-order valence-electron chi connectivity index (χ0n) is 15.0. The third-order valence-electron chi connectivity index (χ3n) is 4.74. The number of hydrogen-bond acceptors (Lipinski definition) is 5. The Bertz CT molecular complexity index is 693. The van der Waals surface area contributed by atoms with Crippen LogP contribution in [-0.4, -0.2) is 42.1 Å². The summed E-state index contributed by atoms with van der Waals surface area (Å²) < 4.78 is 11.1. The second-order valence-electron chi connectivity index (χ2n) is 6.67. The Morgan fingerprint density at radius 2 is 2.16 bits per heavy atom. The number of carbonyl (C=O) groups excluding carboxylic acids is 1. The maximum atomic E-state index is 12.4. The van der Waals surface area contributed by atoms with Crippen LogP contribution in [0.3, 0.4) is 0 Å². The highest BCUT2D eigenvalue weighted by Gasteiger charge is 2.22. The number of unbranched alkanes of at least 4 members (excludes halogenated alkanes) is 1. The Balaban J connectivity index is 0.00000225. The predicted molar refractivity (Wildman–Crippen MR) is 100 cm³/mol. The lowest BCUT2D eigenvalue weighted by Crippen LogP contribution is -2.36. The number of hydrogen-bond donors (Lipinski definition) is 0. The smallest absolute Gasteiger partial charge is 0.360 e. The summed E-state index contributed by atoms with van der Waals surface area (Å²) in [4.78, 5) is 19.0. The highest BCUT2D eigenvalue weighted by Crippen LogP contribution is 2.23. The van der Waals surface area contributed by atoms with E-state index in [1.807, 2.05) is 19.1 Å². The van der Waals surface area contributed by atoms with Gasteiger partial charge in [0.25, 0.3) is 0 Å². The first kappa shape index (κ1) is 19.7. The molecule has 138 valence electrons. The molecule has 0 radical (unpaired) electrons. The van der Waals surface area contributed by atoms with Gasteiger partial charge >= 0.3 is 5.97 Å². The molecular formula is C19H27ClN2O3. The van der Waals surface area contributed by atoms with Crippen molar-refractivity contribution in [3.05, 3.63) is 29.8 Å². The van der Waals surface area contributed by atoms with Crippen molar-refractivity contribution in [2.45, 2.75) is 39.5 Å². The van der Waals surface area contributed by atoms with Gasteiger partial charge in [0.05, 0.1) is 6.61 Å². The van der Waals surface area contributed by atoms with Crippen molar-refractivity contribution in [3.8, 4) is 0 Å². The third kappa shape index (κ3) is 4.95. The van der Waals surface area contributed by atoms with E-state index in [4.69, 9.17) is 9.15 Å². The molecule has 2 aromatic heterocycles. The molecule has 1 fully saturated rings. The van der Waals surface area contributed by atoms with E-state index in [1.54, 1.807) is 6.20 Å². The predicted octanol–water partition coefficient (Wildman–Crippen LogP) is 4.23. The summed E-state index contributed by atoms with van der Waals surface area (Å²) in [6, 6.07) is 3.74. The number of furan rings is 1. The zero-order valence-corrected chi connectivity index (χ0v) is 15.8. The van der Waals surface area contributed by atoms with Crippen LogP contribution in [0.25, 0.3) is 11.0 Å². The van der Waals surface area contributed by atoms with Crippen molar-refractivity contribution in [1.82, 2.24) is 9.88 Å². The van der Waals surface area contributed by atoms with Crippen molar-refractivity contribution in [3.63, 3.8) is 0 Å². The van der Waals surface area contributed by atoms with E-state index in [0.29, 0.717) is 18.1 Å². The summed E-state index contributed by atoms with van der Waals surface area (Å²) in [6.07, 6.45) is 6.31. The van der Waals surface area contributed by atoms with E-state index >= 15 is 0 Å². The minimum Gasteiger partial charge on any atom is -0.461 e. The van der Waals surface area contributed by atoms with Crippen LogP contribution in [-0.2, 0) is 4.74 Å². The Morgan fingerprint density at radius 3 is 2.88 bits per heavy atom. The number of ether oxygens (including phenoxy) is 1. The number of fused-ring (bicyclic) bond motifs is 1. The number of likely N-dealkylation sites (tertiary alicyclic amines) is 1. The molecule has 0 aliphatic carbocycles. The lowest BCUT2D eigenvalue weighted by Gasteiger charge is -2.31. The molecule has 0 spiro atoms. The SMILES string of the molecule is CCCCN1CCC(COC(=O)c2nccc3cc(C)oc23)CC1.Cl. The average molecular weight is 367 g/mol. The van der Waals surface area contributed by atoms with Crippen molar-refractivity contribution < 1.29 is 13.9 Å². The molecule has 6 heteroatoms. The number of nitrogens with zero attached hydrogens (tertiary/aromatic N) is 2. The molecule has 0 unspecified atom stereocenters. The molecule has 2 aromatic rings. The van der Waals surface area contributed by atoms with Gasteiger partial charge in [0.1, 0.15) is 5.76 Å². The number of piperidine rings is 1. The standard InChI is InChI=1S/C19H26N2O3.ClH/c1-3-4-9-21-10-6-15(7-11-21)13-23-19(22)17-18-16(5-8-20-17)12-14(2)24-18;/h5,8,12,15H,3-4,6-7,9-11,13H2,1-2H3;1H. The van der Waals surface area contributed by atoms with Crippen LogP contribution < -0.4 is 0 Å². The lowest BCUT2D eigenvalue weighted by atomic mass is 9.97. The van der Waals surface area contributed by atoms with Gasteiger partial charge in [-0.1, -0.05) is 13.3 Å². The Kier molecular flexibility index (Phi) is 7.26. The van der Waals surface area contributed by atoms with E-state index in [-0.39, 0.29) is 24.1 Å². The summed E-state index contributed by atoms with van der Waals surface area (Å²) in [5.74, 6) is 0.833. The molecule has 1 aliphatic heterocycles. The largest absolute Gasteiger partial charge is 0.461 e. The number of esters is 1. The molecule has 3 heterocycles. The molecule has 0 bridgehead atoms. The fourth-order valence-corrected chi connectivity index (χ4v) is 3.26. The highest BCUT2D eigenvalue weighted by molar-refractivity contribution is 6.00. The van der Waals surface area contributed by atoms with Gasteiger partial charge in [-0.25, -0.2) is 9.78 Å². The fourth-order valence-electron chi connectivity index (χ4n) is 3.26. The molecule has 5 nitrogen and oxygen atoms in total. The van der Waals surface area contributed by atoms with E-state index in [2.05, 4.69) is 16.8 Å². The van der Waals surface area contributed by atoms with Gasteiger partial charge in [-0.2, -0.15) is 0 Å². The van der Waals surface area contributed by atoms with Crippen LogP contribution >= 0.6 is 12.4 Å². The maximum Gasteiger partial charge on any atom is 0.360 e. The number of aryl methyl sites for hydroxylation is 1. The van der Waals surface area contributed by atoms with Crippen LogP contribution in [0.4, 0.5) is 0 Å². The average Bonchev–Trinajstić information content (AvgIpc) is 2.98. The van der Waals surface area contributed by atoms with Crippen molar-refractivity contribution >= 4 is 29.3 Å². The first-order valence-electron chi connectivity index (χ1n) is 8.92. The quantitative estimate of drug-likeness (QED) is 0.716. The van der Waals surface area contributed by atoms with E-state index in [0.717, 1.165) is 37.1 Å². The Morgan fingerprint density at radius 1 is 1.40 bits per heavy atom. The third-order valence-corrected chi connectivity index (χ3v) is 4.74. The minimum atomic E-state index is -0.386. The summed E-state index contributed by atoms with van der Waals surface area (Å²) in [5.41, 5.74) is 0.801. The molecule has 3 rings (SSSR count). The molecule has 1 aliphatic rings. The first-order chi connectivity index (χ1) is 11.7. The van der Waals surface area contributed by atoms with Gasteiger partial charge in [-0.15, -0.1) is 12.4 Å². The monoisotopic (exact) mass is 366 g/mol. The number of rotatable bonds is 6. The van der Waals surface area contributed by atoms with Crippen LogP contribution in [0, 0.1) is 12.8 Å². The van der Waals surface area contributed by atoms with Crippen molar-refractivity contribution in [2.24, 2.45) is 5.92 Å². The summed E-state index contributed by atoms with van der Waals surface area (Å²) >= 11 is 0. The summed E-state index contributed by atoms with van der Waals surface area (Å²) in [6.45, 7) is 7.95. The molecule has 0 saturated carbocycles. The van der Waals surface area contributed by atoms with Crippen LogP contribution in [0.2, 0.25) is 0 Å². The molecule has 1 saturated heterocycles. The molecule has 0 aromatic carbocycles. The molecule has 0 atom stereocenters. The van der Waals surface area contributed by atoms with E-state index < -0.39 is 0 Å². The van der Waals surface area contributed by atoms with Gasteiger partial charge in [0.15, 0.2) is 11.3 Å². The minimum absolute atomic E-state index is 0. The van der Waals surface area contributed by atoms with Gasteiger partial charge in [0.2, 0.25) is 0 Å². The second-order valence-corrected chi connectivity index (χ2v) is 6.67. The molecule has 25 heavy (non-hydrogen) atoms. The summed E-state index contributed by atoms with van der Waals surface area (Å²) in [7, 11) is 0. The zero-order chi connectivity index (χ0) is 16.9. The number of pyridine rings is 1. The topological polar surface area (TPSA) is 55.6 Å². The maximum absolute atomic E-state index is 12.4. The summed E-state index contributed by atoms with van der Waals surface area (Å²) in [5, 5.41) is 0.888. The highest BCUT2D eigenvalue weighted by atomic mass is 35.5. The lowest BCUT2D eigenvalue weighted by molar-refractivity contribution is 0.0366. The first-order valence-corrected chi connectivity index (χ1v) is 8.92. The molecular weight excluding hydrogens is 340 g/mol. The number of halogens is 1. The van der Waals surface area contributed by atoms with Gasteiger partial charge < -0.3 is 14.1 Å². The van der Waals surface area contributed by atoms with Gasteiger partial charge in [0, 0.05) is 11.6 Å². The van der Waals surface area contributed by atoms with Crippen LogP contribution in [0.1, 0.15) is 48.9 Å². The Labute approximate surface area is 155 Å². The van der Waals surface area contributed by atoms with Crippen LogP contribution in [0.5, 0.6) is 0 Å². The number of carbonyl (C=O) groups is 1. The molecule has 0 N–H and O–H groups in total. The van der Waals surface area contributed by atoms with E-state index in [9.17, 15) is 4.79 Å². The van der Waals surface area contributed by atoms with Crippen molar-refractivity contribution in [2.75, 3.05) is 26.2 Å². The second kappa shape index (κ2) is 9.20. The van der Waals surface area contributed by atoms with Crippen molar-refractivity contribution in [1.29, 1.82) is 0 Å². The fraction of sp³-hybridized carbons (Fsp3) is 0.579.